The molecule has 0 saturated carbocycles. The molecule has 0 aliphatic carbocycles. The maximum Gasteiger partial charge on any atom is 0.257 e. The van der Waals surface area contributed by atoms with Crippen LogP contribution < -0.4 is 5.32 Å². The van der Waals surface area contributed by atoms with Crippen LogP contribution in [0.2, 0.25) is 0 Å². The fourth-order valence-corrected chi connectivity index (χ4v) is 1.62. The van der Waals surface area contributed by atoms with Crippen LogP contribution >= 0.6 is 0 Å². The van der Waals surface area contributed by atoms with E-state index in [-0.39, 0.29) is 6.61 Å². The van der Waals surface area contributed by atoms with Crippen molar-refractivity contribution in [1.82, 2.24) is 19.6 Å². The molecule has 0 atom stereocenters. The van der Waals surface area contributed by atoms with Crippen molar-refractivity contribution in [2.24, 2.45) is 0 Å². The standard InChI is InChI=1S/C11H15F2N5O/c12-11(13)8-18-6-9(4-15-18)3-14-10-5-16-17(7-10)1-2-19/h4-7,11,14,19H,1-3,8H2. The van der Waals surface area contributed by atoms with Crippen LogP contribution in [0.3, 0.4) is 0 Å². The number of alkyl halides is 2. The van der Waals surface area contributed by atoms with Gasteiger partial charge in [0.1, 0.15) is 6.54 Å². The Bertz CT molecular complexity index is 511. The SMILES string of the molecule is OCCn1cc(NCc2cnn(CC(F)F)c2)cn1. The van der Waals surface area contributed by atoms with E-state index in [4.69, 9.17) is 5.11 Å². The van der Waals surface area contributed by atoms with Gasteiger partial charge < -0.3 is 10.4 Å². The van der Waals surface area contributed by atoms with Crippen molar-refractivity contribution in [3.8, 4) is 0 Å². The first kappa shape index (κ1) is 13.5. The summed E-state index contributed by atoms with van der Waals surface area (Å²) < 4.78 is 27.1. The molecule has 19 heavy (non-hydrogen) atoms. The zero-order valence-electron chi connectivity index (χ0n) is 10.2. The van der Waals surface area contributed by atoms with Crippen LogP contribution in [0.5, 0.6) is 0 Å². The van der Waals surface area contributed by atoms with Crippen molar-refractivity contribution < 1.29 is 13.9 Å². The fourth-order valence-electron chi connectivity index (χ4n) is 1.62. The van der Waals surface area contributed by atoms with E-state index in [0.717, 1.165) is 11.3 Å². The highest BCUT2D eigenvalue weighted by atomic mass is 19.3. The molecule has 0 aromatic carbocycles. The number of hydrogen-bond acceptors (Lipinski definition) is 4. The van der Waals surface area contributed by atoms with Crippen molar-refractivity contribution in [3.05, 3.63) is 30.4 Å². The molecular formula is C11H15F2N5O. The minimum Gasteiger partial charge on any atom is -0.394 e. The van der Waals surface area contributed by atoms with Gasteiger partial charge in [-0.2, -0.15) is 10.2 Å². The fraction of sp³-hybridized carbons (Fsp3) is 0.455. The topological polar surface area (TPSA) is 67.9 Å². The zero-order valence-corrected chi connectivity index (χ0v) is 10.2. The van der Waals surface area contributed by atoms with E-state index in [2.05, 4.69) is 15.5 Å². The molecule has 0 amide bonds. The lowest BCUT2D eigenvalue weighted by atomic mass is 10.3. The number of aliphatic hydroxyl groups is 1. The van der Waals surface area contributed by atoms with Crippen molar-refractivity contribution >= 4 is 5.69 Å². The molecule has 0 bridgehead atoms. The summed E-state index contributed by atoms with van der Waals surface area (Å²) in [7, 11) is 0. The van der Waals surface area contributed by atoms with E-state index in [1.54, 1.807) is 29.5 Å². The average molecular weight is 271 g/mol. The minimum atomic E-state index is -2.41. The van der Waals surface area contributed by atoms with Crippen LogP contribution in [0, 0.1) is 0 Å². The number of halogens is 2. The summed E-state index contributed by atoms with van der Waals surface area (Å²) in [5, 5.41) is 19.7. The van der Waals surface area contributed by atoms with Crippen LogP contribution in [-0.2, 0) is 19.6 Å². The van der Waals surface area contributed by atoms with Gasteiger partial charge in [-0.3, -0.25) is 9.36 Å². The Morgan fingerprint density at radius 1 is 1.21 bits per heavy atom. The molecule has 0 aliphatic heterocycles. The third-order valence-corrected chi connectivity index (χ3v) is 2.47. The third kappa shape index (κ3) is 4.02. The summed E-state index contributed by atoms with van der Waals surface area (Å²) in [6.07, 6.45) is 4.13. The minimum absolute atomic E-state index is 0.0293. The number of anilines is 1. The summed E-state index contributed by atoms with van der Waals surface area (Å²) in [5.41, 5.74) is 1.62. The first-order chi connectivity index (χ1) is 9.17. The van der Waals surface area contributed by atoms with Gasteiger partial charge in [0.2, 0.25) is 0 Å². The van der Waals surface area contributed by atoms with Crippen LogP contribution in [0.1, 0.15) is 5.56 Å². The Labute approximate surface area is 108 Å². The van der Waals surface area contributed by atoms with Crippen molar-refractivity contribution in [2.45, 2.75) is 26.1 Å². The molecule has 0 saturated heterocycles. The second-order valence-corrected chi connectivity index (χ2v) is 4.03. The molecule has 8 heteroatoms. The summed E-state index contributed by atoms with van der Waals surface area (Å²) >= 11 is 0. The van der Waals surface area contributed by atoms with E-state index in [9.17, 15) is 8.78 Å². The maximum absolute atomic E-state index is 12.1. The van der Waals surface area contributed by atoms with Crippen molar-refractivity contribution in [3.63, 3.8) is 0 Å². The number of hydrogen-bond donors (Lipinski definition) is 2. The third-order valence-electron chi connectivity index (χ3n) is 2.47. The second-order valence-electron chi connectivity index (χ2n) is 4.03. The van der Waals surface area contributed by atoms with Gasteiger partial charge in [0, 0.05) is 24.5 Å². The van der Waals surface area contributed by atoms with Crippen molar-refractivity contribution in [2.75, 3.05) is 11.9 Å². The number of aliphatic hydroxyl groups excluding tert-OH is 1. The molecule has 0 fully saturated rings. The van der Waals surface area contributed by atoms with E-state index < -0.39 is 13.0 Å². The Hall–Kier alpha value is -1.96. The van der Waals surface area contributed by atoms with Crippen LogP contribution in [0.4, 0.5) is 14.5 Å². The van der Waals surface area contributed by atoms with Gasteiger partial charge in [-0.1, -0.05) is 0 Å². The molecular weight excluding hydrogens is 256 g/mol. The van der Waals surface area contributed by atoms with Gasteiger partial charge in [-0.05, 0) is 0 Å². The molecule has 2 aromatic heterocycles. The van der Waals surface area contributed by atoms with Crippen LogP contribution in [-0.4, -0.2) is 37.7 Å². The second kappa shape index (κ2) is 6.28. The van der Waals surface area contributed by atoms with Crippen LogP contribution in [0.25, 0.3) is 0 Å². The lowest BCUT2D eigenvalue weighted by Crippen LogP contribution is -2.06. The lowest BCUT2D eigenvalue weighted by molar-refractivity contribution is 0.122. The summed E-state index contributed by atoms with van der Waals surface area (Å²) in [6, 6.07) is 0. The quantitative estimate of drug-likeness (QED) is 0.786. The first-order valence-electron chi connectivity index (χ1n) is 5.84. The molecule has 2 N–H and O–H groups in total. The van der Waals surface area contributed by atoms with Gasteiger partial charge in [-0.25, -0.2) is 8.78 Å². The highest BCUT2D eigenvalue weighted by molar-refractivity contribution is 5.38. The molecule has 0 aliphatic rings. The molecule has 0 radical (unpaired) electrons. The number of rotatable bonds is 7. The summed E-state index contributed by atoms with van der Waals surface area (Å²) in [6.45, 7) is 0.554. The number of nitrogens with one attached hydrogen (secondary N) is 1. The smallest absolute Gasteiger partial charge is 0.257 e. The normalized spacial score (nSPS) is 11.2. The zero-order chi connectivity index (χ0) is 13.7. The first-order valence-corrected chi connectivity index (χ1v) is 5.84. The number of aromatic nitrogens is 4. The van der Waals surface area contributed by atoms with Gasteiger partial charge in [-0.15, -0.1) is 0 Å². The molecule has 0 spiro atoms. The molecule has 104 valence electrons. The van der Waals surface area contributed by atoms with Crippen molar-refractivity contribution in [1.29, 1.82) is 0 Å². The lowest BCUT2D eigenvalue weighted by Gasteiger charge is -2.01. The Morgan fingerprint density at radius 2 is 2.00 bits per heavy atom. The Balaban J connectivity index is 1.85. The van der Waals surface area contributed by atoms with E-state index in [0.29, 0.717) is 13.1 Å². The monoisotopic (exact) mass is 271 g/mol. The van der Waals surface area contributed by atoms with Gasteiger partial charge in [0.25, 0.3) is 6.43 Å². The predicted octanol–water partition coefficient (Wildman–Crippen LogP) is 0.949. The van der Waals surface area contributed by atoms with Crippen LogP contribution in [0.15, 0.2) is 24.8 Å². The summed E-state index contributed by atoms with van der Waals surface area (Å²) in [4.78, 5) is 0. The largest absolute Gasteiger partial charge is 0.394 e. The predicted molar refractivity (Wildman–Crippen MR) is 64.9 cm³/mol. The average Bonchev–Trinajstić information content (AvgIpc) is 2.96. The highest BCUT2D eigenvalue weighted by Crippen LogP contribution is 2.08. The van der Waals surface area contributed by atoms with Gasteiger partial charge >= 0.3 is 0 Å². The molecule has 2 aromatic rings. The summed E-state index contributed by atoms with van der Waals surface area (Å²) in [5.74, 6) is 0. The maximum atomic E-state index is 12.1. The molecule has 2 heterocycles. The van der Waals surface area contributed by atoms with E-state index >= 15 is 0 Å². The van der Waals surface area contributed by atoms with E-state index in [1.807, 2.05) is 0 Å². The molecule has 0 unspecified atom stereocenters. The molecule has 6 nitrogen and oxygen atoms in total. The Kier molecular flexibility index (Phi) is 4.45. The van der Waals surface area contributed by atoms with E-state index in [1.165, 1.54) is 4.68 Å². The Morgan fingerprint density at radius 3 is 2.74 bits per heavy atom. The number of nitrogens with zero attached hydrogens (tertiary/aromatic N) is 4. The molecule has 2 rings (SSSR count). The van der Waals surface area contributed by atoms with Gasteiger partial charge in [0.05, 0.1) is 31.2 Å². The highest BCUT2D eigenvalue weighted by Gasteiger charge is 2.06. The van der Waals surface area contributed by atoms with Gasteiger partial charge in [0.15, 0.2) is 0 Å².